The number of halogens is 1. The summed E-state index contributed by atoms with van der Waals surface area (Å²) in [4.78, 5) is 4.30. The largest absolute Gasteiger partial charge is 0.477 e. The molecule has 0 saturated carbocycles. The van der Waals surface area contributed by atoms with Crippen molar-refractivity contribution in [1.82, 2.24) is 10.3 Å². The maximum absolute atomic E-state index is 6.21. The van der Waals surface area contributed by atoms with Crippen LogP contribution in [0.15, 0.2) is 12.3 Å². The zero-order chi connectivity index (χ0) is 15.2. The molecule has 1 rings (SSSR count). The van der Waals surface area contributed by atoms with Crippen molar-refractivity contribution in [1.29, 1.82) is 0 Å². The smallest absolute Gasteiger partial charge is 0.232 e. The predicted molar refractivity (Wildman–Crippen MR) is 85.4 cm³/mol. The van der Waals surface area contributed by atoms with E-state index in [9.17, 15) is 0 Å². The van der Waals surface area contributed by atoms with Crippen LogP contribution < -0.4 is 10.1 Å². The molecule has 1 N–H and O–H groups in total. The summed E-state index contributed by atoms with van der Waals surface area (Å²) in [6, 6.07) is 1.92. The average Bonchev–Trinajstić information content (AvgIpc) is 2.30. The molecule has 0 fully saturated rings. The molecule has 0 amide bonds. The second-order valence-corrected chi connectivity index (χ2v) is 7.22. The Morgan fingerprint density at radius 2 is 2.05 bits per heavy atom. The van der Waals surface area contributed by atoms with Gasteiger partial charge in [-0.05, 0) is 35.9 Å². The third-order valence-electron chi connectivity index (χ3n) is 2.84. The van der Waals surface area contributed by atoms with Crippen LogP contribution in [0.1, 0.15) is 46.6 Å². The first kappa shape index (κ1) is 17.3. The van der Waals surface area contributed by atoms with Gasteiger partial charge < -0.3 is 10.1 Å². The van der Waals surface area contributed by atoms with Crippen LogP contribution in [0, 0.1) is 11.3 Å². The van der Waals surface area contributed by atoms with Gasteiger partial charge in [0.25, 0.3) is 0 Å². The van der Waals surface area contributed by atoms with Crippen molar-refractivity contribution in [3.8, 4) is 5.88 Å². The van der Waals surface area contributed by atoms with Gasteiger partial charge in [0, 0.05) is 12.7 Å². The van der Waals surface area contributed by atoms with Gasteiger partial charge in [0.1, 0.15) is 5.02 Å². The first-order valence-corrected chi connectivity index (χ1v) is 7.63. The van der Waals surface area contributed by atoms with Crippen LogP contribution in [-0.4, -0.2) is 18.1 Å². The first-order chi connectivity index (χ1) is 9.28. The molecule has 0 saturated heterocycles. The van der Waals surface area contributed by atoms with Crippen LogP contribution in [0.3, 0.4) is 0 Å². The van der Waals surface area contributed by atoms with Crippen LogP contribution in [-0.2, 0) is 6.54 Å². The lowest BCUT2D eigenvalue weighted by atomic mass is 9.93. The zero-order valence-corrected chi connectivity index (χ0v) is 14.0. The molecular weight excluding hydrogens is 272 g/mol. The van der Waals surface area contributed by atoms with Crippen LogP contribution in [0.5, 0.6) is 5.88 Å². The van der Waals surface area contributed by atoms with E-state index < -0.39 is 0 Å². The fourth-order valence-electron chi connectivity index (χ4n) is 1.63. The van der Waals surface area contributed by atoms with Gasteiger partial charge in [-0.1, -0.05) is 46.2 Å². The number of rotatable bonds is 7. The minimum atomic E-state index is 0.257. The molecule has 0 unspecified atom stereocenters. The lowest BCUT2D eigenvalue weighted by Gasteiger charge is -2.18. The number of hydrogen-bond donors (Lipinski definition) is 1. The van der Waals surface area contributed by atoms with Crippen molar-refractivity contribution in [3.63, 3.8) is 0 Å². The van der Waals surface area contributed by atoms with E-state index >= 15 is 0 Å². The van der Waals surface area contributed by atoms with Crippen LogP contribution >= 0.6 is 11.6 Å². The third-order valence-corrected chi connectivity index (χ3v) is 3.11. The summed E-state index contributed by atoms with van der Waals surface area (Å²) >= 11 is 6.21. The molecule has 0 aliphatic carbocycles. The van der Waals surface area contributed by atoms with Gasteiger partial charge in [-0.3, -0.25) is 0 Å². The molecule has 0 atom stereocenters. The SMILES string of the molecule is CC(C)CNCc1cnc(OCCC(C)(C)C)c(Cl)c1. The quantitative estimate of drug-likeness (QED) is 0.815. The highest BCUT2D eigenvalue weighted by Gasteiger charge is 2.11. The van der Waals surface area contributed by atoms with Crippen molar-refractivity contribution in [3.05, 3.63) is 22.8 Å². The second-order valence-electron chi connectivity index (χ2n) is 6.81. The zero-order valence-electron chi connectivity index (χ0n) is 13.3. The van der Waals surface area contributed by atoms with Crippen molar-refractivity contribution >= 4 is 11.6 Å². The van der Waals surface area contributed by atoms with E-state index in [1.54, 1.807) is 0 Å². The summed E-state index contributed by atoms with van der Waals surface area (Å²) in [5.74, 6) is 1.17. The highest BCUT2D eigenvalue weighted by molar-refractivity contribution is 6.31. The molecule has 0 aliphatic rings. The van der Waals surface area contributed by atoms with Crippen molar-refractivity contribution < 1.29 is 4.74 Å². The normalized spacial score (nSPS) is 11.9. The molecular formula is C16H27ClN2O. The fourth-order valence-corrected chi connectivity index (χ4v) is 1.87. The van der Waals surface area contributed by atoms with E-state index in [2.05, 4.69) is 44.9 Å². The van der Waals surface area contributed by atoms with E-state index in [1.165, 1.54) is 0 Å². The van der Waals surface area contributed by atoms with Gasteiger partial charge in [0.05, 0.1) is 6.61 Å². The minimum Gasteiger partial charge on any atom is -0.477 e. The van der Waals surface area contributed by atoms with Gasteiger partial charge in [-0.25, -0.2) is 4.98 Å². The number of pyridine rings is 1. The van der Waals surface area contributed by atoms with E-state index in [-0.39, 0.29) is 5.41 Å². The maximum atomic E-state index is 6.21. The summed E-state index contributed by atoms with van der Waals surface area (Å²) in [6.45, 7) is 13.4. The molecule has 4 heteroatoms. The maximum Gasteiger partial charge on any atom is 0.232 e. The van der Waals surface area contributed by atoms with Gasteiger partial charge >= 0.3 is 0 Å². The Balaban J connectivity index is 2.47. The van der Waals surface area contributed by atoms with Gasteiger partial charge in [-0.15, -0.1) is 0 Å². The number of aromatic nitrogens is 1. The Kier molecular flexibility index (Phi) is 6.77. The van der Waals surface area contributed by atoms with E-state index in [1.807, 2.05) is 12.3 Å². The van der Waals surface area contributed by atoms with Crippen molar-refractivity contribution in [2.24, 2.45) is 11.3 Å². The highest BCUT2D eigenvalue weighted by atomic mass is 35.5. The molecule has 114 valence electrons. The Bertz CT molecular complexity index is 413. The van der Waals surface area contributed by atoms with Gasteiger partial charge in [0.2, 0.25) is 5.88 Å². The summed E-state index contributed by atoms with van der Waals surface area (Å²) in [7, 11) is 0. The molecule has 1 aromatic rings. The lowest BCUT2D eigenvalue weighted by molar-refractivity contribution is 0.236. The molecule has 0 spiro atoms. The second kappa shape index (κ2) is 7.84. The number of nitrogens with one attached hydrogen (secondary N) is 1. The Morgan fingerprint density at radius 1 is 1.35 bits per heavy atom. The molecule has 0 radical (unpaired) electrons. The fraction of sp³-hybridized carbons (Fsp3) is 0.688. The molecule has 0 aliphatic heterocycles. The van der Waals surface area contributed by atoms with Crippen LogP contribution in [0.25, 0.3) is 0 Å². The van der Waals surface area contributed by atoms with E-state index in [0.29, 0.717) is 23.4 Å². The average molecular weight is 299 g/mol. The van der Waals surface area contributed by atoms with Crippen LogP contribution in [0.2, 0.25) is 5.02 Å². The Morgan fingerprint density at radius 3 is 2.60 bits per heavy atom. The Hall–Kier alpha value is -0.800. The molecule has 20 heavy (non-hydrogen) atoms. The molecule has 3 nitrogen and oxygen atoms in total. The van der Waals surface area contributed by atoms with E-state index in [4.69, 9.17) is 16.3 Å². The van der Waals surface area contributed by atoms with Crippen molar-refractivity contribution in [2.75, 3.05) is 13.2 Å². The predicted octanol–water partition coefficient (Wildman–Crippen LogP) is 4.30. The molecule has 1 heterocycles. The van der Waals surface area contributed by atoms with Crippen LogP contribution in [0.4, 0.5) is 0 Å². The first-order valence-electron chi connectivity index (χ1n) is 7.26. The summed E-state index contributed by atoms with van der Waals surface area (Å²) in [5, 5.41) is 3.96. The van der Waals surface area contributed by atoms with Gasteiger partial charge in [-0.2, -0.15) is 0 Å². The Labute approximate surface area is 128 Å². The number of ether oxygens (including phenoxy) is 1. The number of nitrogens with zero attached hydrogens (tertiary/aromatic N) is 1. The van der Waals surface area contributed by atoms with Crippen molar-refractivity contribution in [2.45, 2.75) is 47.6 Å². The monoisotopic (exact) mass is 298 g/mol. The van der Waals surface area contributed by atoms with E-state index in [0.717, 1.165) is 25.1 Å². The topological polar surface area (TPSA) is 34.2 Å². The minimum absolute atomic E-state index is 0.257. The number of hydrogen-bond acceptors (Lipinski definition) is 3. The lowest BCUT2D eigenvalue weighted by Crippen LogP contribution is -2.19. The molecule has 1 aromatic heterocycles. The standard InChI is InChI=1S/C16H27ClN2O/c1-12(2)9-18-10-13-8-14(17)15(19-11-13)20-7-6-16(3,4)5/h8,11-12,18H,6-7,9-10H2,1-5H3. The molecule has 0 aromatic carbocycles. The summed E-state index contributed by atoms with van der Waals surface area (Å²) in [5.41, 5.74) is 1.34. The highest BCUT2D eigenvalue weighted by Crippen LogP contribution is 2.24. The third kappa shape index (κ3) is 7.11. The summed E-state index contributed by atoms with van der Waals surface area (Å²) < 4.78 is 5.65. The summed E-state index contributed by atoms with van der Waals surface area (Å²) in [6.07, 6.45) is 2.80. The van der Waals surface area contributed by atoms with Gasteiger partial charge in [0.15, 0.2) is 0 Å². The molecule has 0 bridgehead atoms.